The van der Waals surface area contributed by atoms with Crippen LogP contribution in [0.15, 0.2) is 42.5 Å². The largest absolute Gasteiger partial charge is 0.493 e. The predicted octanol–water partition coefficient (Wildman–Crippen LogP) is 3.24. The third kappa shape index (κ3) is 4.52. The van der Waals surface area contributed by atoms with Gasteiger partial charge in [-0.15, -0.1) is 0 Å². The summed E-state index contributed by atoms with van der Waals surface area (Å²) in [5, 5.41) is 11.6. The van der Waals surface area contributed by atoms with Gasteiger partial charge in [0.25, 0.3) is 0 Å². The molecule has 0 aromatic heterocycles. The van der Waals surface area contributed by atoms with Gasteiger partial charge in [-0.25, -0.2) is 0 Å². The summed E-state index contributed by atoms with van der Waals surface area (Å²) in [6.07, 6.45) is 3.02. The number of hydrogen-bond acceptors (Lipinski definition) is 5. The summed E-state index contributed by atoms with van der Waals surface area (Å²) >= 11 is 0. The molecule has 128 valence electrons. The van der Waals surface area contributed by atoms with E-state index in [-0.39, 0.29) is 5.91 Å². The molecule has 0 atom stereocenters. The Balaban J connectivity index is 2.18. The first-order valence-electron chi connectivity index (χ1n) is 7.40. The van der Waals surface area contributed by atoms with E-state index in [1.807, 2.05) is 6.07 Å². The second-order valence-corrected chi connectivity index (χ2v) is 4.97. The molecule has 0 unspecified atom stereocenters. The Bertz CT molecular complexity index is 813. The molecule has 2 aromatic rings. The third-order valence-corrected chi connectivity index (χ3v) is 3.37. The van der Waals surface area contributed by atoms with Crippen molar-refractivity contribution in [1.82, 2.24) is 0 Å². The van der Waals surface area contributed by atoms with Gasteiger partial charge in [0.05, 0.1) is 33.0 Å². The lowest BCUT2D eigenvalue weighted by Gasteiger charge is -2.12. The maximum Gasteiger partial charge on any atom is 0.248 e. The quantitative estimate of drug-likeness (QED) is 0.818. The number of ether oxygens (including phenoxy) is 3. The molecule has 0 aliphatic rings. The van der Waals surface area contributed by atoms with E-state index in [1.54, 1.807) is 42.5 Å². The van der Waals surface area contributed by atoms with Crippen molar-refractivity contribution in [1.29, 1.82) is 5.26 Å². The van der Waals surface area contributed by atoms with Crippen LogP contribution < -0.4 is 19.5 Å². The number of nitrogens with one attached hydrogen (secondary N) is 1. The van der Waals surface area contributed by atoms with Gasteiger partial charge in [0, 0.05) is 11.8 Å². The van der Waals surface area contributed by atoms with Crippen LogP contribution in [0.3, 0.4) is 0 Å². The number of methoxy groups -OCH3 is 3. The van der Waals surface area contributed by atoms with Gasteiger partial charge in [0.2, 0.25) is 11.7 Å². The Kier molecular flexibility index (Phi) is 6.02. The molecule has 0 saturated carbocycles. The maximum atomic E-state index is 12.0. The summed E-state index contributed by atoms with van der Waals surface area (Å²) in [4.78, 5) is 12.0. The fourth-order valence-electron chi connectivity index (χ4n) is 2.22. The lowest BCUT2D eigenvalue weighted by Crippen LogP contribution is -2.07. The number of rotatable bonds is 6. The summed E-state index contributed by atoms with van der Waals surface area (Å²) in [5.41, 5.74) is 1.75. The van der Waals surface area contributed by atoms with E-state index in [1.165, 1.54) is 27.4 Å². The molecule has 0 radical (unpaired) electrons. The van der Waals surface area contributed by atoms with Gasteiger partial charge in [0.1, 0.15) is 0 Å². The monoisotopic (exact) mass is 338 g/mol. The highest BCUT2D eigenvalue weighted by molar-refractivity contribution is 6.02. The first kappa shape index (κ1) is 17.9. The molecule has 6 nitrogen and oxygen atoms in total. The zero-order valence-electron chi connectivity index (χ0n) is 14.2. The van der Waals surface area contributed by atoms with Crippen molar-refractivity contribution in [3.8, 4) is 23.3 Å². The first-order valence-corrected chi connectivity index (χ1v) is 7.40. The Hall–Kier alpha value is -3.46. The average Bonchev–Trinajstić information content (AvgIpc) is 2.65. The van der Waals surface area contributed by atoms with Gasteiger partial charge in [-0.05, 0) is 42.0 Å². The number of anilines is 1. The topological polar surface area (TPSA) is 80.6 Å². The lowest BCUT2D eigenvalue weighted by atomic mass is 10.1. The van der Waals surface area contributed by atoms with Crippen LogP contribution in [0.2, 0.25) is 0 Å². The van der Waals surface area contributed by atoms with Crippen LogP contribution in [0.5, 0.6) is 17.2 Å². The van der Waals surface area contributed by atoms with Gasteiger partial charge >= 0.3 is 0 Å². The SMILES string of the molecule is COc1cc(/C=C/C(=O)Nc2cccc(C#N)c2)cc(OC)c1OC. The van der Waals surface area contributed by atoms with Crippen molar-refractivity contribution in [2.45, 2.75) is 0 Å². The normalized spacial score (nSPS) is 10.2. The van der Waals surface area contributed by atoms with Crippen LogP contribution in [0, 0.1) is 11.3 Å². The molecular weight excluding hydrogens is 320 g/mol. The molecule has 0 spiro atoms. The van der Waals surface area contributed by atoms with Crippen LogP contribution in [-0.4, -0.2) is 27.2 Å². The zero-order chi connectivity index (χ0) is 18.2. The van der Waals surface area contributed by atoms with Crippen molar-refractivity contribution >= 4 is 17.7 Å². The van der Waals surface area contributed by atoms with Crippen LogP contribution in [-0.2, 0) is 4.79 Å². The van der Waals surface area contributed by atoms with Crippen molar-refractivity contribution in [2.75, 3.05) is 26.6 Å². The van der Waals surface area contributed by atoms with Gasteiger partial charge < -0.3 is 19.5 Å². The summed E-state index contributed by atoms with van der Waals surface area (Å²) in [5.74, 6) is 1.18. The predicted molar refractivity (Wildman–Crippen MR) is 94.9 cm³/mol. The van der Waals surface area contributed by atoms with Crippen molar-refractivity contribution in [2.24, 2.45) is 0 Å². The minimum atomic E-state index is -0.316. The molecule has 0 saturated heterocycles. The highest BCUT2D eigenvalue weighted by Crippen LogP contribution is 2.38. The van der Waals surface area contributed by atoms with E-state index in [0.717, 1.165) is 5.56 Å². The van der Waals surface area contributed by atoms with E-state index in [9.17, 15) is 4.79 Å². The Labute approximate surface area is 146 Å². The van der Waals surface area contributed by atoms with Crippen molar-refractivity contribution in [3.63, 3.8) is 0 Å². The maximum absolute atomic E-state index is 12.0. The summed E-state index contributed by atoms with van der Waals surface area (Å²) < 4.78 is 15.8. The van der Waals surface area contributed by atoms with E-state index in [2.05, 4.69) is 5.32 Å². The van der Waals surface area contributed by atoms with Crippen molar-refractivity contribution in [3.05, 3.63) is 53.6 Å². The number of nitriles is 1. The zero-order valence-corrected chi connectivity index (χ0v) is 14.2. The third-order valence-electron chi connectivity index (χ3n) is 3.37. The van der Waals surface area contributed by atoms with Crippen LogP contribution >= 0.6 is 0 Å². The molecule has 1 N–H and O–H groups in total. The summed E-state index contributed by atoms with van der Waals surface area (Å²) in [6.45, 7) is 0. The number of carbonyl (C=O) groups excluding carboxylic acids is 1. The fourth-order valence-corrected chi connectivity index (χ4v) is 2.22. The molecule has 0 heterocycles. The average molecular weight is 338 g/mol. The van der Waals surface area contributed by atoms with Crippen LogP contribution in [0.25, 0.3) is 6.08 Å². The van der Waals surface area contributed by atoms with Gasteiger partial charge in [-0.3, -0.25) is 4.79 Å². The standard InChI is InChI=1S/C19H18N2O4/c1-23-16-10-13(11-17(24-2)19(16)25-3)7-8-18(22)21-15-6-4-5-14(9-15)12-20/h4-11H,1-3H3,(H,21,22)/b8-7+. The highest BCUT2D eigenvalue weighted by Gasteiger charge is 2.12. The molecule has 25 heavy (non-hydrogen) atoms. The van der Waals surface area contributed by atoms with Gasteiger partial charge in [-0.1, -0.05) is 6.07 Å². The molecule has 2 rings (SSSR count). The molecular formula is C19H18N2O4. The molecule has 0 aliphatic heterocycles. The Morgan fingerprint density at radius 3 is 2.32 bits per heavy atom. The second kappa shape index (κ2) is 8.41. The molecule has 6 heteroatoms. The minimum Gasteiger partial charge on any atom is -0.493 e. The molecule has 2 aromatic carbocycles. The molecule has 0 fully saturated rings. The Morgan fingerprint density at radius 2 is 1.76 bits per heavy atom. The lowest BCUT2D eigenvalue weighted by molar-refractivity contribution is -0.111. The molecule has 0 aliphatic carbocycles. The molecule has 1 amide bonds. The number of hydrogen-bond donors (Lipinski definition) is 1. The minimum absolute atomic E-state index is 0.316. The second-order valence-electron chi connectivity index (χ2n) is 4.97. The number of nitrogens with zero attached hydrogens (tertiary/aromatic N) is 1. The van der Waals surface area contributed by atoms with Gasteiger partial charge in [-0.2, -0.15) is 5.26 Å². The number of benzene rings is 2. The fraction of sp³-hybridized carbons (Fsp3) is 0.158. The van der Waals surface area contributed by atoms with E-state index < -0.39 is 0 Å². The number of carbonyl (C=O) groups is 1. The highest BCUT2D eigenvalue weighted by atomic mass is 16.5. The smallest absolute Gasteiger partial charge is 0.248 e. The summed E-state index contributed by atoms with van der Waals surface area (Å²) in [7, 11) is 4.58. The van der Waals surface area contributed by atoms with E-state index in [0.29, 0.717) is 28.5 Å². The van der Waals surface area contributed by atoms with Gasteiger partial charge in [0.15, 0.2) is 11.5 Å². The van der Waals surface area contributed by atoms with Crippen molar-refractivity contribution < 1.29 is 19.0 Å². The summed E-state index contributed by atoms with van der Waals surface area (Å²) in [6, 6.07) is 12.2. The Morgan fingerprint density at radius 1 is 1.08 bits per heavy atom. The first-order chi connectivity index (χ1) is 12.1. The van der Waals surface area contributed by atoms with E-state index in [4.69, 9.17) is 19.5 Å². The number of amides is 1. The van der Waals surface area contributed by atoms with E-state index >= 15 is 0 Å². The van der Waals surface area contributed by atoms with Crippen LogP contribution in [0.4, 0.5) is 5.69 Å². The van der Waals surface area contributed by atoms with Crippen LogP contribution in [0.1, 0.15) is 11.1 Å². The molecule has 0 bridgehead atoms.